The number of benzene rings is 1. The highest BCUT2D eigenvalue weighted by Crippen LogP contribution is 2.27. The average Bonchev–Trinajstić information content (AvgIpc) is 2.84. The highest BCUT2D eigenvalue weighted by molar-refractivity contribution is 6.31. The van der Waals surface area contributed by atoms with E-state index in [1.807, 2.05) is 20.8 Å². The van der Waals surface area contributed by atoms with Crippen LogP contribution >= 0.6 is 11.6 Å². The number of aromatic amines is 1. The molecule has 0 aliphatic rings. The van der Waals surface area contributed by atoms with Crippen LogP contribution in [0.3, 0.4) is 0 Å². The summed E-state index contributed by atoms with van der Waals surface area (Å²) < 4.78 is 27.3. The van der Waals surface area contributed by atoms with E-state index in [-0.39, 0.29) is 34.2 Å². The molecule has 1 unspecified atom stereocenters. The molecule has 2 aromatic rings. The lowest BCUT2D eigenvalue weighted by Gasteiger charge is -2.30. The molecule has 120 valence electrons. The normalized spacial score (nSPS) is 13.4. The first-order valence-electron chi connectivity index (χ1n) is 6.82. The van der Waals surface area contributed by atoms with Gasteiger partial charge in [-0.25, -0.2) is 8.78 Å². The largest absolute Gasteiger partial charge is 0.348 e. The number of hydrogen-bond donors (Lipinski definition) is 3. The third-order valence-corrected chi connectivity index (χ3v) is 3.86. The molecule has 1 aromatic carbocycles. The van der Waals surface area contributed by atoms with Crippen LogP contribution in [0.15, 0.2) is 12.1 Å². The van der Waals surface area contributed by atoms with Crippen molar-refractivity contribution in [3.05, 3.63) is 34.5 Å². The maximum atomic E-state index is 13.8. The van der Waals surface area contributed by atoms with Crippen LogP contribution in [0.4, 0.5) is 8.78 Å². The number of carbonyl (C=O) groups excluding carboxylic acids is 1. The second-order valence-corrected chi connectivity index (χ2v) is 6.67. The summed E-state index contributed by atoms with van der Waals surface area (Å²) in [5.41, 5.74) is 5.48. The zero-order chi connectivity index (χ0) is 16.7. The smallest absolute Gasteiger partial charge is 0.268 e. The van der Waals surface area contributed by atoms with Gasteiger partial charge in [-0.1, -0.05) is 32.4 Å². The van der Waals surface area contributed by atoms with Crippen molar-refractivity contribution in [1.29, 1.82) is 0 Å². The van der Waals surface area contributed by atoms with E-state index in [1.165, 1.54) is 12.1 Å². The van der Waals surface area contributed by atoms with Crippen LogP contribution in [0.5, 0.6) is 0 Å². The van der Waals surface area contributed by atoms with Crippen molar-refractivity contribution in [1.82, 2.24) is 10.3 Å². The van der Waals surface area contributed by atoms with E-state index in [4.69, 9.17) is 17.3 Å². The monoisotopic (exact) mass is 329 g/mol. The molecule has 1 heterocycles. The molecule has 0 bridgehead atoms. The minimum Gasteiger partial charge on any atom is -0.348 e. The second-order valence-electron chi connectivity index (χ2n) is 6.26. The molecule has 4 nitrogen and oxygen atoms in total. The van der Waals surface area contributed by atoms with E-state index in [0.717, 1.165) is 0 Å². The Hall–Kier alpha value is -1.66. The number of amides is 1. The first-order valence-corrected chi connectivity index (χ1v) is 7.20. The molecular weight excluding hydrogens is 312 g/mol. The van der Waals surface area contributed by atoms with E-state index in [9.17, 15) is 13.6 Å². The Balaban J connectivity index is 2.35. The van der Waals surface area contributed by atoms with Crippen LogP contribution in [0.25, 0.3) is 10.9 Å². The van der Waals surface area contributed by atoms with Crippen molar-refractivity contribution >= 4 is 28.4 Å². The Bertz CT molecular complexity index is 722. The fourth-order valence-electron chi connectivity index (χ4n) is 2.17. The molecule has 0 aliphatic heterocycles. The highest BCUT2D eigenvalue weighted by Gasteiger charge is 2.26. The average molecular weight is 330 g/mol. The Kier molecular flexibility index (Phi) is 4.44. The van der Waals surface area contributed by atoms with E-state index in [0.29, 0.717) is 5.39 Å². The Morgan fingerprint density at radius 2 is 2.00 bits per heavy atom. The molecule has 0 aliphatic carbocycles. The minimum absolute atomic E-state index is 0.0906. The predicted molar refractivity (Wildman–Crippen MR) is 83.0 cm³/mol. The molecular formula is C15H18ClF2N3O. The maximum absolute atomic E-state index is 13.8. The van der Waals surface area contributed by atoms with Crippen LogP contribution < -0.4 is 11.1 Å². The van der Waals surface area contributed by atoms with E-state index in [1.54, 1.807) is 0 Å². The third kappa shape index (κ3) is 3.08. The second kappa shape index (κ2) is 5.85. The van der Waals surface area contributed by atoms with Gasteiger partial charge in [0.15, 0.2) is 11.6 Å². The summed E-state index contributed by atoms with van der Waals surface area (Å²) >= 11 is 5.60. The summed E-state index contributed by atoms with van der Waals surface area (Å²) in [5.74, 6) is -2.68. The maximum Gasteiger partial charge on any atom is 0.268 e. The third-order valence-electron chi connectivity index (χ3n) is 3.58. The Morgan fingerprint density at radius 1 is 1.36 bits per heavy atom. The van der Waals surface area contributed by atoms with Gasteiger partial charge in [-0.2, -0.15) is 0 Å². The fourth-order valence-corrected chi connectivity index (χ4v) is 2.37. The number of nitrogens with two attached hydrogens (primary N) is 1. The summed E-state index contributed by atoms with van der Waals surface area (Å²) in [4.78, 5) is 14.9. The molecule has 2 rings (SSSR count). The molecule has 1 amide bonds. The quantitative estimate of drug-likeness (QED) is 0.757. The van der Waals surface area contributed by atoms with Gasteiger partial charge in [-0.05, 0) is 17.5 Å². The SMILES string of the molecule is CC(C)(C)C(CN)NC(=O)c1cc2cc(Cl)c(F)c(F)c2[nH]1. The van der Waals surface area contributed by atoms with Gasteiger partial charge in [-0.15, -0.1) is 0 Å². The van der Waals surface area contributed by atoms with Crippen LogP contribution in [0.1, 0.15) is 31.3 Å². The summed E-state index contributed by atoms with van der Waals surface area (Å²) in [5, 5.41) is 2.79. The number of halogens is 3. The lowest BCUT2D eigenvalue weighted by atomic mass is 9.87. The summed E-state index contributed by atoms with van der Waals surface area (Å²) in [7, 11) is 0. The number of carbonyl (C=O) groups is 1. The van der Waals surface area contributed by atoms with Crippen LogP contribution in [-0.2, 0) is 0 Å². The van der Waals surface area contributed by atoms with Gasteiger partial charge in [-0.3, -0.25) is 4.79 Å². The molecule has 0 saturated heterocycles. The number of fused-ring (bicyclic) bond motifs is 1. The van der Waals surface area contributed by atoms with Gasteiger partial charge in [0.05, 0.1) is 10.5 Å². The van der Waals surface area contributed by atoms with Crippen LogP contribution in [0.2, 0.25) is 5.02 Å². The minimum atomic E-state index is -1.14. The van der Waals surface area contributed by atoms with Crippen molar-refractivity contribution in [3.8, 4) is 0 Å². The molecule has 7 heteroatoms. The zero-order valence-corrected chi connectivity index (χ0v) is 13.3. The van der Waals surface area contributed by atoms with Crippen molar-refractivity contribution in [2.24, 2.45) is 11.1 Å². The van der Waals surface area contributed by atoms with E-state index < -0.39 is 17.5 Å². The molecule has 0 spiro atoms. The van der Waals surface area contributed by atoms with E-state index >= 15 is 0 Å². The molecule has 0 radical (unpaired) electrons. The van der Waals surface area contributed by atoms with Gasteiger partial charge in [0.1, 0.15) is 5.69 Å². The van der Waals surface area contributed by atoms with Crippen molar-refractivity contribution in [3.63, 3.8) is 0 Å². The Labute approximate surface area is 132 Å². The van der Waals surface area contributed by atoms with Gasteiger partial charge in [0.25, 0.3) is 5.91 Å². The van der Waals surface area contributed by atoms with Gasteiger partial charge in [0.2, 0.25) is 0 Å². The lowest BCUT2D eigenvalue weighted by Crippen LogP contribution is -2.48. The highest BCUT2D eigenvalue weighted by atomic mass is 35.5. The molecule has 1 atom stereocenters. The number of rotatable bonds is 3. The molecule has 4 N–H and O–H groups in total. The Morgan fingerprint density at radius 3 is 2.55 bits per heavy atom. The summed E-state index contributed by atoms with van der Waals surface area (Å²) in [6, 6.07) is 2.44. The fraction of sp³-hybridized carbons (Fsp3) is 0.400. The van der Waals surface area contributed by atoms with Gasteiger partial charge in [0, 0.05) is 18.0 Å². The van der Waals surface area contributed by atoms with Crippen LogP contribution in [0, 0.1) is 17.0 Å². The van der Waals surface area contributed by atoms with Crippen molar-refractivity contribution in [2.75, 3.05) is 6.54 Å². The van der Waals surface area contributed by atoms with E-state index in [2.05, 4.69) is 10.3 Å². The summed E-state index contributed by atoms with van der Waals surface area (Å²) in [6.45, 7) is 6.12. The first kappa shape index (κ1) is 16.7. The van der Waals surface area contributed by atoms with Crippen LogP contribution in [-0.4, -0.2) is 23.5 Å². The summed E-state index contributed by atoms with van der Waals surface area (Å²) in [6.07, 6.45) is 0. The number of aromatic nitrogens is 1. The standard InChI is InChI=1S/C15H18ClF2N3O/c1-15(2,3)10(6-19)21-14(22)9-5-7-4-8(16)11(17)12(18)13(7)20-9/h4-5,10,20H,6,19H2,1-3H3,(H,21,22). The van der Waals surface area contributed by atoms with Gasteiger partial charge >= 0.3 is 0 Å². The molecule has 22 heavy (non-hydrogen) atoms. The lowest BCUT2D eigenvalue weighted by molar-refractivity contribution is 0.0901. The number of hydrogen-bond acceptors (Lipinski definition) is 2. The zero-order valence-electron chi connectivity index (χ0n) is 12.6. The number of nitrogens with one attached hydrogen (secondary N) is 2. The predicted octanol–water partition coefficient (Wildman–Crippen LogP) is 3.20. The first-order chi connectivity index (χ1) is 10.1. The number of H-pyrrole nitrogens is 1. The topological polar surface area (TPSA) is 70.9 Å². The van der Waals surface area contributed by atoms with Crippen molar-refractivity contribution < 1.29 is 13.6 Å². The van der Waals surface area contributed by atoms with Crippen molar-refractivity contribution in [2.45, 2.75) is 26.8 Å². The molecule has 0 fully saturated rings. The molecule has 0 saturated carbocycles. The van der Waals surface area contributed by atoms with Gasteiger partial charge < -0.3 is 16.0 Å². The molecule has 1 aromatic heterocycles.